The van der Waals surface area contributed by atoms with Gasteiger partial charge >= 0.3 is 0 Å². The van der Waals surface area contributed by atoms with Crippen LogP contribution in [0.15, 0.2) is 24.5 Å². The fraction of sp³-hybridized carbons (Fsp3) is 0.500. The molecule has 4 rings (SSSR count). The van der Waals surface area contributed by atoms with Crippen molar-refractivity contribution in [1.82, 2.24) is 14.9 Å². The summed E-state index contributed by atoms with van der Waals surface area (Å²) in [6.07, 6.45) is 1.53. The highest BCUT2D eigenvalue weighted by Crippen LogP contribution is 2.29. The molecule has 2 bridgehead atoms. The van der Waals surface area contributed by atoms with Crippen LogP contribution in [0.4, 0.5) is 10.2 Å². The summed E-state index contributed by atoms with van der Waals surface area (Å²) in [6.45, 7) is 4.11. The van der Waals surface area contributed by atoms with E-state index in [9.17, 15) is 4.39 Å². The minimum Gasteiger partial charge on any atom is -0.379 e. The molecule has 0 unspecified atom stereocenters. The number of benzene rings is 1. The van der Waals surface area contributed by atoms with Gasteiger partial charge in [-0.3, -0.25) is 4.90 Å². The Morgan fingerprint density at radius 1 is 1.18 bits per heavy atom. The second kappa shape index (κ2) is 5.44. The van der Waals surface area contributed by atoms with Crippen LogP contribution < -0.4 is 4.90 Å². The Kier molecular flexibility index (Phi) is 3.43. The molecule has 1 aromatic heterocycles. The van der Waals surface area contributed by atoms with Gasteiger partial charge < -0.3 is 9.64 Å². The lowest BCUT2D eigenvalue weighted by atomic mass is 10.1. The molecule has 0 N–H and O–H groups in total. The summed E-state index contributed by atoms with van der Waals surface area (Å²) in [5.74, 6) is 0.858. The highest BCUT2D eigenvalue weighted by Gasteiger charge is 2.32. The van der Waals surface area contributed by atoms with Gasteiger partial charge in [-0.2, -0.15) is 0 Å². The lowest BCUT2D eigenvalue weighted by molar-refractivity contribution is 0.0930. The van der Waals surface area contributed by atoms with Crippen molar-refractivity contribution >= 4 is 16.7 Å². The van der Waals surface area contributed by atoms with Crippen LogP contribution >= 0.6 is 0 Å². The van der Waals surface area contributed by atoms with Gasteiger partial charge in [-0.1, -0.05) is 6.07 Å². The molecule has 2 fully saturated rings. The number of anilines is 1. The van der Waals surface area contributed by atoms with Gasteiger partial charge in [0, 0.05) is 25.6 Å². The van der Waals surface area contributed by atoms with Crippen LogP contribution in [0, 0.1) is 11.7 Å². The molecule has 3 heterocycles. The molecule has 22 heavy (non-hydrogen) atoms. The van der Waals surface area contributed by atoms with Crippen LogP contribution in [0.25, 0.3) is 10.9 Å². The van der Waals surface area contributed by atoms with E-state index in [-0.39, 0.29) is 5.82 Å². The topological polar surface area (TPSA) is 41.5 Å². The molecule has 0 radical (unpaired) electrons. The molecule has 2 aliphatic heterocycles. The van der Waals surface area contributed by atoms with Gasteiger partial charge in [0.1, 0.15) is 18.0 Å². The van der Waals surface area contributed by atoms with Crippen molar-refractivity contribution in [2.75, 3.05) is 44.8 Å². The van der Waals surface area contributed by atoms with Gasteiger partial charge in [0.25, 0.3) is 0 Å². The molecule has 5 nitrogen and oxygen atoms in total. The minimum absolute atomic E-state index is 0.257. The molecule has 0 aliphatic carbocycles. The Morgan fingerprint density at radius 3 is 3.00 bits per heavy atom. The number of likely N-dealkylation sites (N-methyl/N-ethyl adjacent to an activating group) is 1. The average molecular weight is 302 g/mol. The fourth-order valence-electron chi connectivity index (χ4n) is 3.51. The Balaban J connectivity index is 1.79. The Labute approximate surface area is 128 Å². The van der Waals surface area contributed by atoms with Crippen LogP contribution in [0.1, 0.15) is 0 Å². The average Bonchev–Trinajstić information content (AvgIpc) is 2.75. The monoisotopic (exact) mass is 302 g/mol. The molecule has 0 amide bonds. The minimum atomic E-state index is -0.257. The van der Waals surface area contributed by atoms with E-state index in [1.165, 1.54) is 12.4 Å². The van der Waals surface area contributed by atoms with Crippen LogP contribution in [0.3, 0.4) is 0 Å². The third-order valence-corrected chi connectivity index (χ3v) is 4.63. The van der Waals surface area contributed by atoms with Crippen molar-refractivity contribution in [3.05, 3.63) is 30.3 Å². The first-order valence-electron chi connectivity index (χ1n) is 7.64. The lowest BCUT2D eigenvalue weighted by Gasteiger charge is -2.31. The predicted octanol–water partition coefficient (Wildman–Crippen LogP) is 1.54. The smallest absolute Gasteiger partial charge is 0.142 e. The Hall–Kier alpha value is -1.79. The second-order valence-corrected chi connectivity index (χ2v) is 6.23. The molecule has 0 spiro atoms. The van der Waals surface area contributed by atoms with Crippen LogP contribution in [-0.4, -0.2) is 60.8 Å². The summed E-state index contributed by atoms with van der Waals surface area (Å²) in [6, 6.07) is 5.30. The third kappa shape index (κ3) is 2.32. The summed E-state index contributed by atoms with van der Waals surface area (Å²) >= 11 is 0. The van der Waals surface area contributed by atoms with Gasteiger partial charge in [0.05, 0.1) is 30.2 Å². The second-order valence-electron chi connectivity index (χ2n) is 6.23. The molecule has 0 saturated carbocycles. The summed E-state index contributed by atoms with van der Waals surface area (Å²) in [4.78, 5) is 13.1. The normalized spacial score (nSPS) is 26.2. The molecule has 1 aromatic carbocycles. The first kappa shape index (κ1) is 13.8. The summed E-state index contributed by atoms with van der Waals surface area (Å²) < 4.78 is 20.1. The Bertz CT molecular complexity index is 690. The largest absolute Gasteiger partial charge is 0.379 e. The maximum atomic E-state index is 14.3. The number of fused-ring (bicyclic) bond motifs is 4. The zero-order valence-corrected chi connectivity index (χ0v) is 12.6. The van der Waals surface area contributed by atoms with Gasteiger partial charge in [-0.25, -0.2) is 14.4 Å². The van der Waals surface area contributed by atoms with Gasteiger partial charge in [-0.15, -0.1) is 0 Å². The predicted molar refractivity (Wildman–Crippen MR) is 82.4 cm³/mol. The zero-order chi connectivity index (χ0) is 15.1. The van der Waals surface area contributed by atoms with Crippen molar-refractivity contribution < 1.29 is 9.13 Å². The van der Waals surface area contributed by atoms with Gasteiger partial charge in [0.15, 0.2) is 0 Å². The van der Waals surface area contributed by atoms with E-state index < -0.39 is 0 Å². The molecule has 2 atom stereocenters. The number of hydrogen-bond acceptors (Lipinski definition) is 5. The van der Waals surface area contributed by atoms with Crippen LogP contribution in [0.2, 0.25) is 0 Å². The van der Waals surface area contributed by atoms with E-state index in [2.05, 4.69) is 26.8 Å². The number of rotatable bonds is 1. The quantitative estimate of drug-likeness (QED) is 0.799. The first-order chi connectivity index (χ1) is 10.7. The molecular formula is C16H19FN4O. The van der Waals surface area contributed by atoms with E-state index in [0.717, 1.165) is 32.8 Å². The fourth-order valence-corrected chi connectivity index (χ4v) is 3.51. The summed E-state index contributed by atoms with van der Waals surface area (Å²) in [7, 11) is 2.13. The van der Waals surface area contributed by atoms with Crippen molar-refractivity contribution in [3.8, 4) is 0 Å². The molecule has 2 saturated heterocycles. The van der Waals surface area contributed by atoms with Crippen molar-refractivity contribution in [2.45, 2.75) is 6.04 Å². The van der Waals surface area contributed by atoms with Crippen molar-refractivity contribution in [1.29, 1.82) is 0 Å². The SMILES string of the molecule is CN1C[C@H]2COC[C@@H]1CN(c1ncnc3cccc(F)c13)C2. The van der Waals surface area contributed by atoms with Crippen molar-refractivity contribution in [2.24, 2.45) is 5.92 Å². The van der Waals surface area contributed by atoms with E-state index in [0.29, 0.717) is 28.7 Å². The summed E-state index contributed by atoms with van der Waals surface area (Å²) in [5.41, 5.74) is 0.656. The third-order valence-electron chi connectivity index (χ3n) is 4.63. The molecule has 2 aromatic rings. The van der Waals surface area contributed by atoms with Crippen LogP contribution in [0.5, 0.6) is 0 Å². The number of nitrogens with zero attached hydrogens (tertiary/aromatic N) is 4. The Morgan fingerprint density at radius 2 is 2.09 bits per heavy atom. The van der Waals surface area contributed by atoms with E-state index in [4.69, 9.17) is 4.74 Å². The highest BCUT2D eigenvalue weighted by molar-refractivity contribution is 5.89. The lowest BCUT2D eigenvalue weighted by Crippen LogP contribution is -2.42. The van der Waals surface area contributed by atoms with Gasteiger partial charge in [-0.05, 0) is 19.2 Å². The number of ether oxygens (including phenoxy) is 1. The first-order valence-corrected chi connectivity index (χ1v) is 7.64. The number of aromatic nitrogens is 2. The summed E-state index contributed by atoms with van der Waals surface area (Å²) in [5, 5.41) is 0.522. The maximum Gasteiger partial charge on any atom is 0.142 e. The van der Waals surface area contributed by atoms with E-state index >= 15 is 0 Å². The van der Waals surface area contributed by atoms with Gasteiger partial charge in [0.2, 0.25) is 0 Å². The highest BCUT2D eigenvalue weighted by atomic mass is 19.1. The number of hydrogen-bond donors (Lipinski definition) is 0. The van der Waals surface area contributed by atoms with E-state index in [1.54, 1.807) is 6.07 Å². The molecule has 2 aliphatic rings. The molecule has 116 valence electrons. The molecule has 6 heteroatoms. The number of halogens is 1. The molecular weight excluding hydrogens is 283 g/mol. The standard InChI is InChI=1S/C16H19FN4O/c1-20-5-11-6-21(7-12(20)9-22-8-11)16-15-13(17)3-2-4-14(15)18-10-19-16/h2-4,10-12H,5-9H2,1H3/t11-,12+/m1/s1. The van der Waals surface area contributed by atoms with E-state index in [1.807, 2.05) is 6.07 Å². The maximum absolute atomic E-state index is 14.3. The zero-order valence-electron chi connectivity index (χ0n) is 12.6. The van der Waals surface area contributed by atoms with Crippen LogP contribution in [-0.2, 0) is 4.74 Å². The van der Waals surface area contributed by atoms with Crippen molar-refractivity contribution in [3.63, 3.8) is 0 Å².